The molecule has 0 bridgehead atoms. The zero-order valence-corrected chi connectivity index (χ0v) is 25.5. The summed E-state index contributed by atoms with van der Waals surface area (Å²) in [5.74, 6) is 5.01. The first kappa shape index (κ1) is 29.5. The molecule has 0 spiro atoms. The van der Waals surface area contributed by atoms with Gasteiger partial charge in [0.2, 0.25) is 5.91 Å². The van der Waals surface area contributed by atoms with Gasteiger partial charge in [0.1, 0.15) is 17.7 Å². The van der Waals surface area contributed by atoms with E-state index in [9.17, 15) is 4.79 Å². The van der Waals surface area contributed by atoms with Gasteiger partial charge in [0.25, 0.3) is 0 Å². The van der Waals surface area contributed by atoms with Gasteiger partial charge in [-0.3, -0.25) is 9.69 Å². The maximum atomic E-state index is 12.6. The molecule has 0 radical (unpaired) electrons. The molecular formula is C34H44N6O3. The molecule has 1 atom stereocenters. The lowest BCUT2D eigenvalue weighted by atomic mass is 9.88. The van der Waals surface area contributed by atoms with Gasteiger partial charge < -0.3 is 29.5 Å². The largest absolute Gasteiger partial charge is 0.484 e. The third-order valence-corrected chi connectivity index (χ3v) is 9.29. The van der Waals surface area contributed by atoms with E-state index in [0.29, 0.717) is 12.0 Å². The number of pyridine rings is 1. The number of hydrogen-bond donors (Lipinski definition) is 1. The van der Waals surface area contributed by atoms with Crippen LogP contribution in [-0.4, -0.2) is 104 Å². The quantitative estimate of drug-likeness (QED) is 0.369. The first-order valence-electron chi connectivity index (χ1n) is 15.7. The van der Waals surface area contributed by atoms with Crippen molar-refractivity contribution in [1.82, 2.24) is 19.7 Å². The summed E-state index contributed by atoms with van der Waals surface area (Å²) in [7, 11) is 2.02. The van der Waals surface area contributed by atoms with E-state index in [0.717, 1.165) is 108 Å². The number of morpholine rings is 1. The lowest BCUT2D eigenvalue weighted by Crippen LogP contribution is -2.61. The minimum atomic E-state index is -0.117. The van der Waals surface area contributed by atoms with Crippen molar-refractivity contribution in [2.24, 2.45) is 0 Å². The molecular weight excluding hydrogens is 540 g/mol. The molecule has 0 unspecified atom stereocenters. The summed E-state index contributed by atoms with van der Waals surface area (Å²) in [5.41, 5.74) is 4.61. The van der Waals surface area contributed by atoms with E-state index in [1.165, 1.54) is 11.3 Å². The molecule has 0 aliphatic carbocycles. The number of nitrogens with zero attached hydrogens (tertiary/aromatic N) is 5. The number of carbonyl (C=O) groups is 1. The van der Waals surface area contributed by atoms with E-state index in [4.69, 9.17) is 20.9 Å². The number of aromatic nitrogens is 1. The molecule has 2 aromatic rings. The van der Waals surface area contributed by atoms with Crippen molar-refractivity contribution in [3.05, 3.63) is 53.7 Å². The van der Waals surface area contributed by atoms with Crippen LogP contribution in [0.25, 0.3) is 0 Å². The summed E-state index contributed by atoms with van der Waals surface area (Å²) in [6.07, 6.45) is 13.7. The predicted molar refractivity (Wildman–Crippen MR) is 170 cm³/mol. The Kier molecular flexibility index (Phi) is 9.17. The van der Waals surface area contributed by atoms with Crippen molar-refractivity contribution in [2.45, 2.75) is 44.2 Å². The second-order valence-electron chi connectivity index (χ2n) is 12.2. The van der Waals surface area contributed by atoms with Crippen LogP contribution in [0.2, 0.25) is 0 Å². The highest BCUT2D eigenvalue weighted by Gasteiger charge is 2.36. The maximum Gasteiger partial charge on any atom is 0.246 e. The number of hydrogen-bond acceptors (Lipinski definition) is 8. The third-order valence-electron chi connectivity index (χ3n) is 9.29. The number of carbonyl (C=O) groups excluding carboxylic acids is 1. The summed E-state index contributed by atoms with van der Waals surface area (Å²) >= 11 is 0. The molecule has 1 amide bonds. The zero-order valence-electron chi connectivity index (χ0n) is 25.5. The Labute approximate surface area is 255 Å². The van der Waals surface area contributed by atoms with Gasteiger partial charge in [0.15, 0.2) is 0 Å². The molecule has 0 saturated carbocycles. The van der Waals surface area contributed by atoms with Crippen LogP contribution in [0.5, 0.6) is 5.75 Å². The summed E-state index contributed by atoms with van der Waals surface area (Å²) < 4.78 is 12.1. The Morgan fingerprint density at radius 3 is 2.74 bits per heavy atom. The number of likely N-dealkylation sites (N-methyl/N-ethyl adjacent to an activating group) is 1. The highest BCUT2D eigenvalue weighted by atomic mass is 16.5. The molecule has 6 rings (SSSR count). The summed E-state index contributed by atoms with van der Waals surface area (Å²) in [6, 6.07) is 9.18. The molecule has 4 aliphatic heterocycles. The monoisotopic (exact) mass is 584 g/mol. The molecule has 228 valence electrons. The fourth-order valence-electron chi connectivity index (χ4n) is 6.67. The van der Waals surface area contributed by atoms with Crippen LogP contribution in [0.4, 0.5) is 17.2 Å². The van der Waals surface area contributed by atoms with Crippen molar-refractivity contribution in [3.63, 3.8) is 0 Å². The average Bonchev–Trinajstić information content (AvgIpc) is 3.15. The normalized spacial score (nSPS) is 21.4. The summed E-state index contributed by atoms with van der Waals surface area (Å²) in [5, 5.41) is 3.62. The molecule has 3 saturated heterocycles. The van der Waals surface area contributed by atoms with Gasteiger partial charge in [-0.1, -0.05) is 12.1 Å². The smallest absolute Gasteiger partial charge is 0.246 e. The first-order valence-corrected chi connectivity index (χ1v) is 15.7. The molecule has 5 heterocycles. The number of terminal acetylenes is 1. The number of ether oxygens (including phenoxy) is 2. The fourth-order valence-corrected chi connectivity index (χ4v) is 6.67. The molecule has 1 N–H and O–H groups in total. The number of anilines is 3. The Balaban J connectivity index is 1.03. The first-order chi connectivity index (χ1) is 21.0. The lowest BCUT2D eigenvalue weighted by molar-refractivity contribution is -0.133. The van der Waals surface area contributed by atoms with Crippen molar-refractivity contribution < 1.29 is 14.3 Å². The number of nitrogens with one attached hydrogen (secondary N) is 1. The second kappa shape index (κ2) is 13.4. The van der Waals surface area contributed by atoms with Crippen LogP contribution >= 0.6 is 0 Å². The van der Waals surface area contributed by atoms with Crippen molar-refractivity contribution in [1.29, 1.82) is 0 Å². The molecule has 4 aliphatic rings. The highest BCUT2D eigenvalue weighted by molar-refractivity contribution is 5.88. The fraction of sp³-hybridized carbons (Fsp3) is 0.529. The van der Waals surface area contributed by atoms with Crippen molar-refractivity contribution >= 4 is 23.1 Å². The molecule has 9 heteroatoms. The standard InChI is InChI=1S/C34H44N6O3/c1-4-5-14-37(3)15-6-7-32(41)40-23-28(24-40)38-16-11-26(12-17-38)27-8-9-31-29(22-27)36-34-33(25(2)43-31)30(10-13-35-34)39-18-20-42-21-19-39/h1,6-10,13,22,25-26,28H,5,11-12,14-21,23-24H2,2-3H3,(H,35,36)/b7-6+/t25-/m1/s1. The highest BCUT2D eigenvalue weighted by Crippen LogP contribution is 2.43. The molecule has 1 aromatic carbocycles. The number of piperidine rings is 1. The number of fused-ring (bicyclic) bond motifs is 2. The number of rotatable bonds is 8. The van der Waals surface area contributed by atoms with Crippen molar-refractivity contribution in [3.8, 4) is 18.1 Å². The molecule has 1 aromatic heterocycles. The van der Waals surface area contributed by atoms with Crippen LogP contribution in [0.3, 0.4) is 0 Å². The predicted octanol–water partition coefficient (Wildman–Crippen LogP) is 4.02. The van der Waals surface area contributed by atoms with E-state index in [1.54, 1.807) is 6.08 Å². The van der Waals surface area contributed by atoms with E-state index in [2.05, 4.69) is 57.1 Å². The van der Waals surface area contributed by atoms with Gasteiger partial charge in [0, 0.05) is 69.7 Å². The summed E-state index contributed by atoms with van der Waals surface area (Å²) in [6.45, 7) is 10.7. The minimum Gasteiger partial charge on any atom is -0.484 e. The number of amides is 1. The van der Waals surface area contributed by atoms with Crippen LogP contribution in [0.1, 0.15) is 49.3 Å². The van der Waals surface area contributed by atoms with E-state index in [1.807, 2.05) is 24.2 Å². The lowest BCUT2D eigenvalue weighted by Gasteiger charge is -2.47. The zero-order chi connectivity index (χ0) is 29.8. The number of likely N-dealkylation sites (tertiary alicyclic amines) is 2. The van der Waals surface area contributed by atoms with Gasteiger partial charge in [-0.2, -0.15) is 0 Å². The van der Waals surface area contributed by atoms with E-state index in [-0.39, 0.29) is 12.0 Å². The maximum absolute atomic E-state index is 12.6. The molecule has 9 nitrogen and oxygen atoms in total. The van der Waals surface area contributed by atoms with Crippen LogP contribution in [-0.2, 0) is 9.53 Å². The van der Waals surface area contributed by atoms with E-state index >= 15 is 0 Å². The van der Waals surface area contributed by atoms with Gasteiger partial charge in [0.05, 0.1) is 24.5 Å². The average molecular weight is 585 g/mol. The third kappa shape index (κ3) is 6.67. The van der Waals surface area contributed by atoms with Crippen LogP contribution in [0.15, 0.2) is 42.6 Å². The summed E-state index contributed by atoms with van der Waals surface area (Å²) in [4.78, 5) is 26.3. The van der Waals surface area contributed by atoms with E-state index < -0.39 is 0 Å². The van der Waals surface area contributed by atoms with Gasteiger partial charge >= 0.3 is 0 Å². The Morgan fingerprint density at radius 2 is 1.98 bits per heavy atom. The molecule has 43 heavy (non-hydrogen) atoms. The Morgan fingerprint density at radius 1 is 1.19 bits per heavy atom. The molecule has 3 fully saturated rings. The van der Waals surface area contributed by atoms with Gasteiger partial charge in [-0.25, -0.2) is 4.98 Å². The number of benzene rings is 1. The van der Waals surface area contributed by atoms with Gasteiger partial charge in [-0.05, 0) is 69.6 Å². The SMILES string of the molecule is C#CCCN(C)C/C=C/C(=O)N1CC(N2CCC(c3ccc4c(c3)Nc3nccc(N5CCOCC5)c3[C@@H](C)O4)CC2)C1. The minimum absolute atomic E-state index is 0.110. The van der Waals surface area contributed by atoms with Crippen molar-refractivity contribution in [2.75, 3.05) is 82.8 Å². The van der Waals surface area contributed by atoms with Crippen LogP contribution < -0.4 is 15.0 Å². The van der Waals surface area contributed by atoms with Crippen LogP contribution in [0, 0.1) is 12.3 Å². The second-order valence-corrected chi connectivity index (χ2v) is 12.2. The van der Waals surface area contributed by atoms with Gasteiger partial charge in [-0.15, -0.1) is 12.3 Å². The topological polar surface area (TPSA) is 73.4 Å². The Bertz CT molecular complexity index is 1350. The Hall–Kier alpha value is -3.58.